The number of hydrogen-bond acceptors (Lipinski definition) is 4. The summed E-state index contributed by atoms with van der Waals surface area (Å²) in [5.41, 5.74) is 0.904. The molecule has 0 unspecified atom stereocenters. The van der Waals surface area contributed by atoms with Crippen LogP contribution in [0.4, 0.5) is 0 Å². The fraction of sp³-hybridized carbons (Fsp3) is 0.188. The summed E-state index contributed by atoms with van der Waals surface area (Å²) < 4.78 is 11.0. The van der Waals surface area contributed by atoms with Crippen LogP contribution in [0, 0.1) is 0 Å². The Morgan fingerprint density at radius 1 is 1.10 bits per heavy atom. The van der Waals surface area contributed by atoms with Gasteiger partial charge in [0.2, 0.25) is 0 Å². The summed E-state index contributed by atoms with van der Waals surface area (Å²) >= 11 is 0. The van der Waals surface area contributed by atoms with Crippen molar-refractivity contribution in [3.63, 3.8) is 0 Å². The van der Waals surface area contributed by atoms with Gasteiger partial charge in [-0.2, -0.15) is 0 Å². The van der Waals surface area contributed by atoms with Gasteiger partial charge in [0.15, 0.2) is 0 Å². The van der Waals surface area contributed by atoms with Crippen molar-refractivity contribution in [2.75, 3.05) is 13.2 Å². The van der Waals surface area contributed by atoms with Crippen LogP contribution in [0.1, 0.15) is 5.76 Å². The fourth-order valence-electron chi connectivity index (χ4n) is 2.05. The van der Waals surface area contributed by atoms with E-state index in [4.69, 9.17) is 9.15 Å². The Balaban J connectivity index is 1.52. The van der Waals surface area contributed by atoms with Gasteiger partial charge < -0.3 is 14.5 Å². The van der Waals surface area contributed by atoms with Crippen LogP contribution in [0.5, 0.6) is 5.75 Å². The Kier molecular flexibility index (Phi) is 3.94. The van der Waals surface area contributed by atoms with E-state index in [1.165, 1.54) is 0 Å². The van der Waals surface area contributed by atoms with Crippen molar-refractivity contribution >= 4 is 10.9 Å². The van der Waals surface area contributed by atoms with Crippen LogP contribution >= 0.6 is 0 Å². The molecular formula is C16H16N2O2. The first-order chi connectivity index (χ1) is 9.93. The SMILES string of the molecule is c1coc(CNCCOc2cccc3cccnc23)c1. The second kappa shape index (κ2) is 6.21. The van der Waals surface area contributed by atoms with Crippen molar-refractivity contribution in [2.45, 2.75) is 6.54 Å². The van der Waals surface area contributed by atoms with Crippen molar-refractivity contribution in [1.82, 2.24) is 10.3 Å². The van der Waals surface area contributed by atoms with Crippen LogP contribution in [0.2, 0.25) is 0 Å². The Hall–Kier alpha value is -2.33. The normalized spacial score (nSPS) is 10.8. The monoisotopic (exact) mass is 268 g/mol. The summed E-state index contributed by atoms with van der Waals surface area (Å²) in [5, 5.41) is 4.36. The zero-order valence-corrected chi connectivity index (χ0v) is 11.1. The number of rotatable bonds is 6. The van der Waals surface area contributed by atoms with E-state index in [-0.39, 0.29) is 0 Å². The van der Waals surface area contributed by atoms with E-state index in [0.717, 1.165) is 29.0 Å². The van der Waals surface area contributed by atoms with E-state index >= 15 is 0 Å². The number of ether oxygens (including phenoxy) is 1. The van der Waals surface area contributed by atoms with Gasteiger partial charge in [-0.1, -0.05) is 18.2 Å². The van der Waals surface area contributed by atoms with Crippen LogP contribution in [0.25, 0.3) is 10.9 Å². The van der Waals surface area contributed by atoms with Gasteiger partial charge >= 0.3 is 0 Å². The third-order valence-electron chi connectivity index (χ3n) is 3.01. The summed E-state index contributed by atoms with van der Waals surface area (Å²) in [6, 6.07) is 13.8. The van der Waals surface area contributed by atoms with Gasteiger partial charge in [0.25, 0.3) is 0 Å². The smallest absolute Gasteiger partial charge is 0.145 e. The first kappa shape index (κ1) is 12.7. The minimum atomic E-state index is 0.594. The molecule has 3 rings (SSSR count). The molecule has 2 heterocycles. The van der Waals surface area contributed by atoms with Crippen LogP contribution in [0.15, 0.2) is 59.3 Å². The molecule has 4 nitrogen and oxygen atoms in total. The predicted octanol–water partition coefficient (Wildman–Crippen LogP) is 3.00. The van der Waals surface area contributed by atoms with Gasteiger partial charge in [0, 0.05) is 18.1 Å². The Labute approximate surface area is 117 Å². The summed E-state index contributed by atoms with van der Waals surface area (Å²) in [5.74, 6) is 1.75. The lowest BCUT2D eigenvalue weighted by Gasteiger charge is -2.08. The maximum Gasteiger partial charge on any atom is 0.145 e. The molecule has 0 spiro atoms. The van der Waals surface area contributed by atoms with Crippen LogP contribution in [-0.4, -0.2) is 18.1 Å². The number of para-hydroxylation sites is 1. The highest BCUT2D eigenvalue weighted by Gasteiger charge is 2.02. The summed E-state index contributed by atoms with van der Waals surface area (Å²) in [6.07, 6.45) is 3.46. The molecule has 20 heavy (non-hydrogen) atoms. The number of furan rings is 1. The number of fused-ring (bicyclic) bond motifs is 1. The molecule has 102 valence electrons. The minimum Gasteiger partial charge on any atom is -0.490 e. The Bertz CT molecular complexity index is 660. The lowest BCUT2D eigenvalue weighted by molar-refractivity contribution is 0.314. The zero-order chi connectivity index (χ0) is 13.6. The molecule has 0 radical (unpaired) electrons. The van der Waals surface area contributed by atoms with Crippen molar-refractivity contribution in [2.24, 2.45) is 0 Å². The second-order valence-corrected chi connectivity index (χ2v) is 4.44. The highest BCUT2D eigenvalue weighted by Crippen LogP contribution is 2.22. The Morgan fingerprint density at radius 3 is 2.95 bits per heavy atom. The molecule has 3 aromatic rings. The van der Waals surface area contributed by atoms with E-state index < -0.39 is 0 Å². The van der Waals surface area contributed by atoms with E-state index in [2.05, 4.69) is 10.3 Å². The van der Waals surface area contributed by atoms with E-state index in [1.54, 1.807) is 12.5 Å². The third kappa shape index (κ3) is 2.97. The highest BCUT2D eigenvalue weighted by atomic mass is 16.5. The number of nitrogens with zero attached hydrogens (tertiary/aromatic N) is 1. The molecule has 0 amide bonds. The third-order valence-corrected chi connectivity index (χ3v) is 3.01. The molecule has 0 aliphatic carbocycles. The van der Waals surface area contributed by atoms with E-state index in [9.17, 15) is 0 Å². The maximum atomic E-state index is 5.78. The van der Waals surface area contributed by atoms with Gasteiger partial charge in [-0.15, -0.1) is 0 Å². The average molecular weight is 268 g/mol. The van der Waals surface area contributed by atoms with Gasteiger partial charge in [-0.05, 0) is 24.3 Å². The van der Waals surface area contributed by atoms with Crippen molar-refractivity contribution in [3.05, 3.63) is 60.7 Å². The molecule has 1 N–H and O–H groups in total. The summed E-state index contributed by atoms with van der Waals surface area (Å²) in [4.78, 5) is 4.36. The number of nitrogens with one attached hydrogen (secondary N) is 1. The molecule has 0 aliphatic heterocycles. The largest absolute Gasteiger partial charge is 0.490 e. The number of hydrogen-bond donors (Lipinski definition) is 1. The van der Waals surface area contributed by atoms with Crippen LogP contribution < -0.4 is 10.1 Å². The molecular weight excluding hydrogens is 252 g/mol. The first-order valence-electron chi connectivity index (χ1n) is 6.63. The van der Waals surface area contributed by atoms with Gasteiger partial charge in [-0.3, -0.25) is 4.98 Å². The quantitative estimate of drug-likeness (QED) is 0.698. The van der Waals surface area contributed by atoms with Crippen LogP contribution in [-0.2, 0) is 6.54 Å². The van der Waals surface area contributed by atoms with E-state index in [1.807, 2.05) is 42.5 Å². The molecule has 0 atom stereocenters. The maximum absolute atomic E-state index is 5.78. The lowest BCUT2D eigenvalue weighted by Crippen LogP contribution is -2.20. The van der Waals surface area contributed by atoms with Gasteiger partial charge in [0.1, 0.15) is 23.6 Å². The lowest BCUT2D eigenvalue weighted by atomic mass is 10.2. The predicted molar refractivity (Wildman–Crippen MR) is 77.7 cm³/mol. The fourth-order valence-corrected chi connectivity index (χ4v) is 2.05. The molecule has 0 aliphatic rings. The van der Waals surface area contributed by atoms with Gasteiger partial charge in [0.05, 0.1) is 12.8 Å². The molecule has 0 saturated carbocycles. The Morgan fingerprint density at radius 2 is 2.05 bits per heavy atom. The zero-order valence-electron chi connectivity index (χ0n) is 11.1. The topological polar surface area (TPSA) is 47.3 Å². The van der Waals surface area contributed by atoms with E-state index in [0.29, 0.717) is 13.2 Å². The minimum absolute atomic E-state index is 0.594. The number of aromatic nitrogens is 1. The molecule has 0 saturated heterocycles. The first-order valence-corrected chi connectivity index (χ1v) is 6.63. The standard InChI is InChI=1S/C16H16N2O2/c1-4-13-5-2-8-18-16(13)15(7-1)20-11-9-17-12-14-6-3-10-19-14/h1-8,10,17H,9,11-12H2. The number of pyridine rings is 1. The van der Waals surface area contributed by atoms with Crippen LogP contribution in [0.3, 0.4) is 0 Å². The van der Waals surface area contributed by atoms with Crippen molar-refractivity contribution < 1.29 is 9.15 Å². The van der Waals surface area contributed by atoms with Crippen molar-refractivity contribution in [1.29, 1.82) is 0 Å². The highest BCUT2D eigenvalue weighted by molar-refractivity contribution is 5.84. The summed E-state index contributed by atoms with van der Waals surface area (Å²) in [7, 11) is 0. The molecule has 2 aromatic heterocycles. The molecule has 1 aromatic carbocycles. The summed E-state index contributed by atoms with van der Waals surface area (Å²) in [6.45, 7) is 2.06. The average Bonchev–Trinajstić information content (AvgIpc) is 3.00. The molecule has 4 heteroatoms. The molecule has 0 bridgehead atoms. The number of benzene rings is 1. The van der Waals surface area contributed by atoms with Crippen molar-refractivity contribution in [3.8, 4) is 5.75 Å². The molecule has 0 fully saturated rings. The second-order valence-electron chi connectivity index (χ2n) is 4.44. The van der Waals surface area contributed by atoms with Gasteiger partial charge in [-0.25, -0.2) is 0 Å².